The summed E-state index contributed by atoms with van der Waals surface area (Å²) in [6.45, 7) is -0.0311. The summed E-state index contributed by atoms with van der Waals surface area (Å²) in [5.41, 5.74) is 6.13. The number of carbonyl (C=O) groups is 1. The fourth-order valence-electron chi connectivity index (χ4n) is 3.09. The molecule has 0 saturated carbocycles. The fourth-order valence-corrected chi connectivity index (χ4v) is 3.09. The highest BCUT2D eigenvalue weighted by molar-refractivity contribution is 6.40. The number of amides is 1. The summed E-state index contributed by atoms with van der Waals surface area (Å²) < 4.78 is 0. The van der Waals surface area contributed by atoms with Crippen LogP contribution >= 0.6 is 0 Å². The number of aliphatic hydroxyl groups is 1. The molecule has 0 unspecified atom stereocenters. The third-order valence-electron chi connectivity index (χ3n) is 4.19. The molecule has 2 aliphatic heterocycles. The molecule has 6 nitrogen and oxygen atoms in total. The molecular formula is C18H16BN3O3. The van der Waals surface area contributed by atoms with E-state index >= 15 is 0 Å². The Morgan fingerprint density at radius 3 is 2.76 bits per heavy atom. The number of fused-ring (bicyclic) bond motifs is 2. The van der Waals surface area contributed by atoms with Gasteiger partial charge in [0.1, 0.15) is 20.2 Å². The van der Waals surface area contributed by atoms with E-state index in [2.05, 4.69) is 15.8 Å². The number of hydrogen-bond acceptors (Lipinski definition) is 5. The molecular weight excluding hydrogens is 317 g/mol. The van der Waals surface area contributed by atoms with Crippen molar-refractivity contribution in [3.63, 3.8) is 0 Å². The number of carbonyl (C=O) groups excluding carboxylic acids is 1. The van der Waals surface area contributed by atoms with Crippen LogP contribution in [-0.2, 0) is 9.63 Å². The third-order valence-corrected chi connectivity index (χ3v) is 4.19. The lowest BCUT2D eigenvalue weighted by molar-refractivity contribution is -0.110. The maximum absolute atomic E-state index is 12.6. The van der Waals surface area contributed by atoms with Gasteiger partial charge in [-0.25, -0.2) is 0 Å². The van der Waals surface area contributed by atoms with Crippen molar-refractivity contribution in [3.05, 3.63) is 59.3 Å². The number of oxime groups is 1. The lowest BCUT2D eigenvalue weighted by Gasteiger charge is -2.06. The van der Waals surface area contributed by atoms with E-state index in [4.69, 9.17) is 9.94 Å². The number of allylic oxidation sites excluding steroid dienone is 1. The summed E-state index contributed by atoms with van der Waals surface area (Å²) in [5.74, 6) is -0.175. The highest BCUT2D eigenvalue weighted by atomic mass is 16.6. The Balaban J connectivity index is 1.88. The van der Waals surface area contributed by atoms with Crippen molar-refractivity contribution in [2.45, 2.75) is 0 Å². The topological polar surface area (TPSA) is 83.0 Å². The van der Waals surface area contributed by atoms with Crippen molar-refractivity contribution >= 4 is 41.9 Å². The number of para-hydroxylation sites is 1. The summed E-state index contributed by atoms with van der Waals surface area (Å²) in [4.78, 5) is 17.8. The van der Waals surface area contributed by atoms with Crippen molar-refractivity contribution in [1.82, 2.24) is 0 Å². The van der Waals surface area contributed by atoms with E-state index in [1.54, 1.807) is 0 Å². The van der Waals surface area contributed by atoms with Crippen LogP contribution in [0.5, 0.6) is 0 Å². The first-order valence-electron chi connectivity index (χ1n) is 8.03. The van der Waals surface area contributed by atoms with Gasteiger partial charge in [0.2, 0.25) is 0 Å². The molecule has 7 heteroatoms. The number of aliphatic hydroxyl groups excluding tert-OH is 1. The minimum Gasteiger partial charge on any atom is -0.393 e. The molecule has 25 heavy (non-hydrogen) atoms. The molecule has 2 heterocycles. The van der Waals surface area contributed by atoms with E-state index in [1.165, 1.54) is 0 Å². The number of nitrogens with zero attached hydrogens (tertiary/aromatic N) is 1. The molecule has 0 bridgehead atoms. The Morgan fingerprint density at radius 2 is 1.92 bits per heavy atom. The van der Waals surface area contributed by atoms with E-state index in [9.17, 15) is 4.79 Å². The standard InChI is InChI=1S/C18H16BN3O3/c19-10-5-6-11-14(9-10)21-18(24)15(11)17-16(22-25-8-7-23)12-3-1-2-4-13(12)20-17/h1-6,9,20,23H,7-8,19H2,(H,21,24)/b17-15-,22-16+. The minimum atomic E-state index is -0.175. The van der Waals surface area contributed by atoms with Crippen molar-refractivity contribution < 1.29 is 14.7 Å². The predicted octanol–water partition coefficient (Wildman–Crippen LogP) is 0.447. The second-order valence-electron chi connectivity index (χ2n) is 5.92. The first-order chi connectivity index (χ1) is 12.2. The Morgan fingerprint density at radius 1 is 1.08 bits per heavy atom. The van der Waals surface area contributed by atoms with Crippen LogP contribution in [0.2, 0.25) is 0 Å². The maximum Gasteiger partial charge on any atom is 0.258 e. The number of hydrogen-bond donors (Lipinski definition) is 3. The molecule has 124 valence electrons. The number of nitrogens with one attached hydrogen (secondary N) is 2. The van der Waals surface area contributed by atoms with Gasteiger partial charge in [0.15, 0.2) is 0 Å². The zero-order valence-corrected chi connectivity index (χ0v) is 13.7. The summed E-state index contributed by atoms with van der Waals surface area (Å²) in [5, 5.41) is 19.3. The molecule has 1 amide bonds. The van der Waals surface area contributed by atoms with E-state index in [1.807, 2.05) is 50.3 Å². The molecule has 0 radical (unpaired) electrons. The van der Waals surface area contributed by atoms with Crippen molar-refractivity contribution in [3.8, 4) is 0 Å². The van der Waals surface area contributed by atoms with Gasteiger partial charge >= 0.3 is 0 Å². The summed E-state index contributed by atoms with van der Waals surface area (Å²) in [7, 11) is 1.98. The average molecular weight is 333 g/mol. The van der Waals surface area contributed by atoms with Gasteiger partial charge in [0.05, 0.1) is 17.9 Å². The molecule has 0 fully saturated rings. The minimum absolute atomic E-state index is 0.0935. The zero-order valence-electron chi connectivity index (χ0n) is 13.7. The molecule has 0 aliphatic carbocycles. The quantitative estimate of drug-likeness (QED) is 0.330. The van der Waals surface area contributed by atoms with Crippen LogP contribution in [0.1, 0.15) is 11.1 Å². The van der Waals surface area contributed by atoms with E-state index in [0.717, 1.165) is 28.0 Å². The van der Waals surface area contributed by atoms with Crippen LogP contribution in [0, 0.1) is 0 Å². The smallest absolute Gasteiger partial charge is 0.258 e. The lowest BCUT2D eigenvalue weighted by atomic mass is 9.92. The van der Waals surface area contributed by atoms with Gasteiger partial charge in [0, 0.05) is 22.5 Å². The van der Waals surface area contributed by atoms with E-state index in [-0.39, 0.29) is 19.1 Å². The van der Waals surface area contributed by atoms with Crippen LogP contribution in [0.15, 0.2) is 53.3 Å². The highest BCUT2D eigenvalue weighted by Crippen LogP contribution is 2.38. The molecule has 0 spiro atoms. The molecule has 3 N–H and O–H groups in total. The van der Waals surface area contributed by atoms with Gasteiger partial charge in [-0.1, -0.05) is 41.0 Å². The maximum atomic E-state index is 12.6. The van der Waals surface area contributed by atoms with Gasteiger partial charge in [-0.2, -0.15) is 0 Å². The number of anilines is 2. The van der Waals surface area contributed by atoms with Gasteiger partial charge < -0.3 is 20.6 Å². The lowest BCUT2D eigenvalue weighted by Crippen LogP contribution is -2.13. The van der Waals surface area contributed by atoms with Gasteiger partial charge in [-0.3, -0.25) is 4.79 Å². The van der Waals surface area contributed by atoms with Crippen LogP contribution in [0.4, 0.5) is 11.4 Å². The summed E-state index contributed by atoms with van der Waals surface area (Å²) in [6.07, 6.45) is 0. The SMILES string of the molecule is Bc1ccc2c(c1)NC(=O)/C2=C1\Nc2ccccc2\C1=N/OCCO. The third kappa shape index (κ3) is 2.58. The highest BCUT2D eigenvalue weighted by Gasteiger charge is 2.34. The Kier molecular flexibility index (Phi) is 3.78. The van der Waals surface area contributed by atoms with Crippen molar-refractivity contribution in [1.29, 1.82) is 0 Å². The van der Waals surface area contributed by atoms with E-state index < -0.39 is 0 Å². The fraction of sp³-hybridized carbons (Fsp3) is 0.111. The normalized spacial score (nSPS) is 19.4. The summed E-state index contributed by atoms with van der Waals surface area (Å²) in [6, 6.07) is 13.5. The Labute approximate surface area is 145 Å². The first kappa shape index (κ1) is 15.5. The molecule has 2 aliphatic rings. The molecule has 2 aromatic rings. The largest absolute Gasteiger partial charge is 0.393 e. The van der Waals surface area contributed by atoms with Crippen molar-refractivity contribution in [2.24, 2.45) is 5.16 Å². The summed E-state index contributed by atoms with van der Waals surface area (Å²) >= 11 is 0. The van der Waals surface area contributed by atoms with Crippen LogP contribution in [-0.4, -0.2) is 37.8 Å². The Bertz CT molecular complexity index is 937. The van der Waals surface area contributed by atoms with Crippen LogP contribution in [0.25, 0.3) is 5.57 Å². The number of rotatable bonds is 3. The van der Waals surface area contributed by atoms with Crippen LogP contribution < -0.4 is 16.1 Å². The van der Waals surface area contributed by atoms with Gasteiger partial charge in [-0.15, -0.1) is 0 Å². The predicted molar refractivity (Wildman–Crippen MR) is 99.8 cm³/mol. The van der Waals surface area contributed by atoms with Gasteiger partial charge in [-0.05, 0) is 12.1 Å². The average Bonchev–Trinajstić information content (AvgIpc) is 3.11. The van der Waals surface area contributed by atoms with Gasteiger partial charge in [0.25, 0.3) is 5.91 Å². The monoisotopic (exact) mass is 333 g/mol. The second kappa shape index (κ2) is 6.10. The number of benzene rings is 2. The van der Waals surface area contributed by atoms with Crippen LogP contribution in [0.3, 0.4) is 0 Å². The second-order valence-corrected chi connectivity index (χ2v) is 5.92. The molecule has 0 saturated heterocycles. The molecule has 2 aromatic carbocycles. The van der Waals surface area contributed by atoms with Crippen molar-refractivity contribution in [2.75, 3.05) is 23.8 Å². The first-order valence-corrected chi connectivity index (χ1v) is 8.03. The molecule has 0 aromatic heterocycles. The zero-order chi connectivity index (χ0) is 17.4. The van der Waals surface area contributed by atoms with E-state index in [0.29, 0.717) is 17.0 Å². The molecule has 4 rings (SSSR count). The Hall–Kier alpha value is -3.06. The molecule has 0 atom stereocenters.